The first-order chi connectivity index (χ1) is 9.62. The average molecular weight is 298 g/mol. The van der Waals surface area contributed by atoms with E-state index in [1.807, 2.05) is 7.05 Å². The van der Waals surface area contributed by atoms with Gasteiger partial charge in [0.25, 0.3) is 0 Å². The van der Waals surface area contributed by atoms with Gasteiger partial charge in [-0.2, -0.15) is 5.10 Å². The number of hydrogen-bond acceptors (Lipinski definition) is 5. The number of imidazole rings is 1. The van der Waals surface area contributed by atoms with Gasteiger partial charge in [0.15, 0.2) is 0 Å². The Kier molecular flexibility index (Phi) is 4.88. The van der Waals surface area contributed by atoms with Crippen LogP contribution in [0.1, 0.15) is 5.82 Å². The fourth-order valence-electron chi connectivity index (χ4n) is 1.65. The summed E-state index contributed by atoms with van der Waals surface area (Å²) in [5.41, 5.74) is 0. The smallest absolute Gasteiger partial charge is 0.243 e. The quantitative estimate of drug-likeness (QED) is 0.600. The Morgan fingerprint density at radius 3 is 2.95 bits per heavy atom. The molecule has 0 atom stereocenters. The van der Waals surface area contributed by atoms with Crippen molar-refractivity contribution in [3.05, 3.63) is 30.6 Å². The molecule has 9 heteroatoms. The van der Waals surface area contributed by atoms with E-state index in [2.05, 4.69) is 25.1 Å². The molecule has 0 aliphatic heterocycles. The lowest BCUT2D eigenvalue weighted by Crippen LogP contribution is -2.26. The lowest BCUT2D eigenvalue weighted by Gasteiger charge is -2.03. The van der Waals surface area contributed by atoms with Crippen LogP contribution in [0.3, 0.4) is 0 Å². The van der Waals surface area contributed by atoms with Crippen LogP contribution in [0.4, 0.5) is 0 Å². The molecule has 0 radical (unpaired) electrons. The zero-order chi connectivity index (χ0) is 14.4. The molecule has 8 nitrogen and oxygen atoms in total. The molecule has 2 heterocycles. The average Bonchev–Trinajstić information content (AvgIpc) is 3.07. The van der Waals surface area contributed by atoms with E-state index in [0.717, 1.165) is 12.4 Å². The number of H-pyrrole nitrogens is 1. The lowest BCUT2D eigenvalue weighted by molar-refractivity contribution is 0.576. The number of aromatic nitrogens is 4. The SMILES string of the molecule is CNCCn1cc(S(=O)(=O)NCCc2ncc[nH]2)cn1. The number of rotatable bonds is 8. The van der Waals surface area contributed by atoms with Crippen LogP contribution in [0.15, 0.2) is 29.7 Å². The van der Waals surface area contributed by atoms with Gasteiger partial charge in [-0.1, -0.05) is 0 Å². The first-order valence-corrected chi connectivity index (χ1v) is 7.75. The Morgan fingerprint density at radius 1 is 1.40 bits per heavy atom. The van der Waals surface area contributed by atoms with Crippen molar-refractivity contribution in [2.45, 2.75) is 17.9 Å². The molecule has 3 N–H and O–H groups in total. The van der Waals surface area contributed by atoms with Gasteiger partial charge in [0.05, 0.1) is 12.7 Å². The Hall–Kier alpha value is -1.71. The molecule has 0 aliphatic carbocycles. The second kappa shape index (κ2) is 6.64. The molecule has 0 aromatic carbocycles. The number of hydrogen-bond donors (Lipinski definition) is 3. The zero-order valence-electron chi connectivity index (χ0n) is 11.2. The van der Waals surface area contributed by atoms with Gasteiger partial charge in [-0.15, -0.1) is 0 Å². The summed E-state index contributed by atoms with van der Waals surface area (Å²) in [7, 11) is -1.68. The summed E-state index contributed by atoms with van der Waals surface area (Å²) in [5, 5.41) is 6.99. The molecule has 0 aliphatic rings. The summed E-state index contributed by atoms with van der Waals surface area (Å²) < 4.78 is 28.2. The molecule has 0 fully saturated rings. The molecule has 0 saturated carbocycles. The van der Waals surface area contributed by atoms with Crippen LogP contribution in [0.25, 0.3) is 0 Å². The van der Waals surface area contributed by atoms with Gasteiger partial charge in [0.1, 0.15) is 10.7 Å². The Morgan fingerprint density at radius 2 is 2.25 bits per heavy atom. The third-order valence-electron chi connectivity index (χ3n) is 2.72. The monoisotopic (exact) mass is 298 g/mol. The van der Waals surface area contributed by atoms with Crippen LogP contribution in [-0.4, -0.2) is 48.3 Å². The highest BCUT2D eigenvalue weighted by Crippen LogP contribution is 2.06. The maximum absolute atomic E-state index is 12.0. The van der Waals surface area contributed by atoms with E-state index in [4.69, 9.17) is 0 Å². The predicted octanol–water partition coefficient (Wildman–Crippen LogP) is -0.653. The fourth-order valence-corrected chi connectivity index (χ4v) is 2.64. The number of sulfonamides is 1. The van der Waals surface area contributed by atoms with E-state index in [9.17, 15) is 8.42 Å². The summed E-state index contributed by atoms with van der Waals surface area (Å²) >= 11 is 0. The maximum Gasteiger partial charge on any atom is 0.243 e. The van der Waals surface area contributed by atoms with E-state index in [1.54, 1.807) is 17.1 Å². The number of nitrogens with one attached hydrogen (secondary N) is 3. The molecule has 0 bridgehead atoms. The summed E-state index contributed by atoms with van der Waals surface area (Å²) in [5.74, 6) is 0.748. The molecule has 0 spiro atoms. The largest absolute Gasteiger partial charge is 0.349 e. The van der Waals surface area contributed by atoms with Gasteiger partial charge >= 0.3 is 0 Å². The van der Waals surface area contributed by atoms with Crippen molar-refractivity contribution in [1.29, 1.82) is 0 Å². The van der Waals surface area contributed by atoms with Crippen LogP contribution in [-0.2, 0) is 23.0 Å². The molecule has 0 unspecified atom stereocenters. The summed E-state index contributed by atoms with van der Waals surface area (Å²) in [6.45, 7) is 1.64. The van der Waals surface area contributed by atoms with E-state index in [1.165, 1.54) is 12.4 Å². The molecule has 2 aromatic heterocycles. The number of aromatic amines is 1. The Bertz CT molecular complexity index is 619. The van der Waals surface area contributed by atoms with Crippen molar-refractivity contribution in [1.82, 2.24) is 29.8 Å². The van der Waals surface area contributed by atoms with Crippen molar-refractivity contribution >= 4 is 10.0 Å². The second-order valence-electron chi connectivity index (χ2n) is 4.23. The summed E-state index contributed by atoms with van der Waals surface area (Å²) in [4.78, 5) is 7.13. The first kappa shape index (κ1) is 14.7. The van der Waals surface area contributed by atoms with Crippen molar-refractivity contribution < 1.29 is 8.42 Å². The zero-order valence-corrected chi connectivity index (χ0v) is 12.0. The van der Waals surface area contributed by atoms with Gasteiger partial charge < -0.3 is 10.3 Å². The van der Waals surface area contributed by atoms with E-state index in [0.29, 0.717) is 13.0 Å². The fraction of sp³-hybridized carbons (Fsp3) is 0.455. The molecule has 20 heavy (non-hydrogen) atoms. The van der Waals surface area contributed by atoms with E-state index < -0.39 is 10.0 Å². The number of nitrogens with zero attached hydrogens (tertiary/aromatic N) is 3. The van der Waals surface area contributed by atoms with E-state index in [-0.39, 0.29) is 11.4 Å². The second-order valence-corrected chi connectivity index (χ2v) is 5.99. The lowest BCUT2D eigenvalue weighted by atomic mass is 10.4. The first-order valence-electron chi connectivity index (χ1n) is 6.27. The van der Waals surface area contributed by atoms with Gasteiger partial charge in [-0.25, -0.2) is 18.1 Å². The Balaban J connectivity index is 1.90. The van der Waals surface area contributed by atoms with Crippen molar-refractivity contribution in [3.8, 4) is 0 Å². The minimum absolute atomic E-state index is 0.174. The summed E-state index contributed by atoms with van der Waals surface area (Å²) in [6, 6.07) is 0. The van der Waals surface area contributed by atoms with Gasteiger partial charge in [0.2, 0.25) is 10.0 Å². The van der Waals surface area contributed by atoms with Gasteiger partial charge in [-0.05, 0) is 7.05 Å². The van der Waals surface area contributed by atoms with Crippen LogP contribution >= 0.6 is 0 Å². The minimum atomic E-state index is -3.51. The van der Waals surface area contributed by atoms with Crippen molar-refractivity contribution in [2.24, 2.45) is 0 Å². The van der Waals surface area contributed by atoms with Crippen LogP contribution in [0, 0.1) is 0 Å². The standard InChI is InChI=1S/C11H18N6O2S/c1-12-6-7-17-9-10(8-15-17)20(18,19)16-3-2-11-13-4-5-14-11/h4-5,8-9,12,16H,2-3,6-7H2,1H3,(H,13,14). The molecular weight excluding hydrogens is 280 g/mol. The molecule has 110 valence electrons. The van der Waals surface area contributed by atoms with Crippen molar-refractivity contribution in [3.63, 3.8) is 0 Å². The predicted molar refractivity (Wildman–Crippen MR) is 73.6 cm³/mol. The van der Waals surface area contributed by atoms with Gasteiger partial charge in [-0.3, -0.25) is 4.68 Å². The molecular formula is C11H18N6O2S. The maximum atomic E-state index is 12.0. The van der Waals surface area contributed by atoms with Crippen LogP contribution in [0.5, 0.6) is 0 Å². The molecule has 2 aromatic rings. The summed E-state index contributed by atoms with van der Waals surface area (Å²) in [6.07, 6.45) is 6.73. The van der Waals surface area contributed by atoms with Crippen molar-refractivity contribution in [2.75, 3.05) is 20.1 Å². The molecule has 2 rings (SSSR count). The molecule has 0 amide bonds. The van der Waals surface area contributed by atoms with Gasteiger partial charge in [0, 0.05) is 38.1 Å². The minimum Gasteiger partial charge on any atom is -0.349 e. The molecule has 0 saturated heterocycles. The highest BCUT2D eigenvalue weighted by molar-refractivity contribution is 7.89. The number of likely N-dealkylation sites (N-methyl/N-ethyl adjacent to an activating group) is 1. The third kappa shape index (κ3) is 3.89. The van der Waals surface area contributed by atoms with E-state index >= 15 is 0 Å². The highest BCUT2D eigenvalue weighted by atomic mass is 32.2. The van der Waals surface area contributed by atoms with Crippen LogP contribution < -0.4 is 10.0 Å². The Labute approximate surface area is 117 Å². The topological polar surface area (TPSA) is 105 Å². The van der Waals surface area contributed by atoms with Crippen LogP contribution in [0.2, 0.25) is 0 Å². The normalized spacial score (nSPS) is 11.8. The highest BCUT2D eigenvalue weighted by Gasteiger charge is 2.15. The third-order valence-corrected chi connectivity index (χ3v) is 4.14.